The van der Waals surface area contributed by atoms with Gasteiger partial charge in [0.05, 0.1) is 4.92 Å². The predicted molar refractivity (Wildman–Crippen MR) is 77.7 cm³/mol. The van der Waals surface area contributed by atoms with Crippen LogP contribution in [0.15, 0.2) is 24.3 Å². The third kappa shape index (κ3) is 2.84. The summed E-state index contributed by atoms with van der Waals surface area (Å²) in [5.41, 5.74) is 0.572. The number of rotatable bonds is 4. The van der Waals surface area contributed by atoms with Gasteiger partial charge < -0.3 is 9.84 Å². The minimum Gasteiger partial charge on any atom is -0.480 e. The minimum atomic E-state index is -0.996. The molecule has 1 aromatic carbocycles. The zero-order chi connectivity index (χ0) is 16.6. The summed E-state index contributed by atoms with van der Waals surface area (Å²) < 4.78 is 5.20. The van der Waals surface area contributed by atoms with Crippen LogP contribution in [-0.2, 0) is 16.1 Å². The van der Waals surface area contributed by atoms with E-state index >= 15 is 0 Å². The quantitative estimate of drug-likeness (QED) is 0.672. The number of benzene rings is 1. The van der Waals surface area contributed by atoms with Gasteiger partial charge in [-0.3, -0.25) is 15.0 Å². The lowest BCUT2D eigenvalue weighted by molar-refractivity contribution is -0.384. The molecular formula is C15H16N2O6. The van der Waals surface area contributed by atoms with E-state index in [0.29, 0.717) is 12.0 Å². The summed E-state index contributed by atoms with van der Waals surface area (Å²) in [6.07, 6.45) is 1.71. The molecule has 122 valence electrons. The highest BCUT2D eigenvalue weighted by molar-refractivity contribution is 5.81. The second-order valence-corrected chi connectivity index (χ2v) is 5.90. The molecule has 1 N–H and O–H groups in total. The van der Waals surface area contributed by atoms with Gasteiger partial charge >= 0.3 is 12.1 Å². The van der Waals surface area contributed by atoms with Crippen LogP contribution in [0.5, 0.6) is 0 Å². The van der Waals surface area contributed by atoms with Gasteiger partial charge in [0, 0.05) is 18.2 Å². The summed E-state index contributed by atoms with van der Waals surface area (Å²) in [5.74, 6) is -0.992. The van der Waals surface area contributed by atoms with Crippen molar-refractivity contribution in [3.63, 3.8) is 0 Å². The molecule has 1 aliphatic carbocycles. The highest BCUT2D eigenvalue weighted by Gasteiger charge is 2.52. The maximum absolute atomic E-state index is 12.2. The highest BCUT2D eigenvalue weighted by atomic mass is 16.6. The van der Waals surface area contributed by atoms with Crippen LogP contribution in [0.4, 0.5) is 10.5 Å². The first-order valence-electron chi connectivity index (χ1n) is 7.38. The van der Waals surface area contributed by atoms with Crippen LogP contribution < -0.4 is 0 Å². The zero-order valence-electron chi connectivity index (χ0n) is 12.3. The Labute approximate surface area is 131 Å². The molecule has 0 radical (unpaired) electrons. The van der Waals surface area contributed by atoms with Gasteiger partial charge in [0.1, 0.15) is 12.6 Å². The Hall–Kier alpha value is -2.64. The van der Waals surface area contributed by atoms with Crippen molar-refractivity contribution in [2.75, 3.05) is 0 Å². The first-order chi connectivity index (χ1) is 11.0. The van der Waals surface area contributed by atoms with Crippen LogP contribution in [0.2, 0.25) is 0 Å². The number of carbonyl (C=O) groups is 2. The molecular weight excluding hydrogens is 304 g/mol. The summed E-state index contributed by atoms with van der Waals surface area (Å²) in [7, 11) is 0. The van der Waals surface area contributed by atoms with E-state index in [2.05, 4.69) is 0 Å². The molecule has 23 heavy (non-hydrogen) atoms. The number of carboxylic acids is 1. The van der Waals surface area contributed by atoms with Crippen LogP contribution >= 0.6 is 0 Å². The summed E-state index contributed by atoms with van der Waals surface area (Å²) in [5, 5.41) is 19.9. The van der Waals surface area contributed by atoms with E-state index in [4.69, 9.17) is 4.74 Å². The number of ether oxygens (including phenoxy) is 1. The van der Waals surface area contributed by atoms with Gasteiger partial charge in [0.2, 0.25) is 0 Å². The Kier molecular flexibility index (Phi) is 3.89. The van der Waals surface area contributed by atoms with Crippen LogP contribution in [0.3, 0.4) is 0 Å². The predicted octanol–water partition coefficient (Wildman–Crippen LogP) is 2.17. The number of hydrogen-bond donors (Lipinski definition) is 1. The molecule has 2 fully saturated rings. The normalized spacial score (nSPS) is 25.4. The molecule has 1 saturated carbocycles. The van der Waals surface area contributed by atoms with E-state index in [1.807, 2.05) is 0 Å². The topological polar surface area (TPSA) is 110 Å². The number of likely N-dealkylation sites (tertiary alicyclic amines) is 1. The monoisotopic (exact) mass is 320 g/mol. The maximum Gasteiger partial charge on any atom is 0.411 e. The lowest BCUT2D eigenvalue weighted by Crippen LogP contribution is -2.49. The summed E-state index contributed by atoms with van der Waals surface area (Å²) >= 11 is 0. The number of aliphatic carboxylic acids is 1. The van der Waals surface area contributed by atoms with Crippen molar-refractivity contribution in [2.45, 2.75) is 38.0 Å². The van der Waals surface area contributed by atoms with Gasteiger partial charge in [0.25, 0.3) is 5.69 Å². The largest absolute Gasteiger partial charge is 0.480 e. The molecule has 3 atom stereocenters. The second kappa shape index (κ2) is 5.86. The van der Waals surface area contributed by atoms with Crippen LogP contribution in [0.25, 0.3) is 0 Å². The molecule has 1 amide bonds. The fraction of sp³-hybridized carbons (Fsp3) is 0.467. The van der Waals surface area contributed by atoms with E-state index in [1.165, 1.54) is 29.2 Å². The van der Waals surface area contributed by atoms with E-state index in [-0.39, 0.29) is 24.3 Å². The number of nitro groups is 1. The van der Waals surface area contributed by atoms with Gasteiger partial charge in [-0.05, 0) is 42.9 Å². The molecule has 1 heterocycles. The Morgan fingerprint density at radius 2 is 2.00 bits per heavy atom. The molecule has 3 rings (SSSR count). The molecule has 1 saturated heterocycles. The Morgan fingerprint density at radius 3 is 2.61 bits per heavy atom. The number of amides is 1. The fourth-order valence-corrected chi connectivity index (χ4v) is 3.50. The molecule has 0 spiro atoms. The van der Waals surface area contributed by atoms with Gasteiger partial charge in [0.15, 0.2) is 0 Å². The Bertz CT molecular complexity index is 644. The summed E-state index contributed by atoms with van der Waals surface area (Å²) in [6, 6.07) is 4.82. The van der Waals surface area contributed by atoms with Crippen molar-refractivity contribution in [1.82, 2.24) is 4.90 Å². The lowest BCUT2D eigenvalue weighted by atomic mass is 9.99. The standard InChI is InChI=1S/C15H16N2O6/c18-14(19)13-10-3-6-12(7-10)16(13)15(20)23-8-9-1-4-11(5-2-9)17(21)22/h1-2,4-5,10,12-13H,3,6-8H2,(H,18,19)/t10-,12+,13-/m1/s1. The fourth-order valence-electron chi connectivity index (χ4n) is 3.50. The smallest absolute Gasteiger partial charge is 0.411 e. The van der Waals surface area contributed by atoms with E-state index in [1.54, 1.807) is 0 Å². The zero-order valence-corrected chi connectivity index (χ0v) is 12.3. The second-order valence-electron chi connectivity index (χ2n) is 5.90. The number of nitrogens with zero attached hydrogens (tertiary/aromatic N) is 2. The highest BCUT2D eigenvalue weighted by Crippen LogP contribution is 2.42. The van der Waals surface area contributed by atoms with Crippen molar-refractivity contribution in [3.05, 3.63) is 39.9 Å². The number of nitro benzene ring substituents is 1. The van der Waals surface area contributed by atoms with E-state index in [9.17, 15) is 24.8 Å². The molecule has 1 aromatic rings. The number of carbonyl (C=O) groups excluding carboxylic acids is 1. The molecule has 2 bridgehead atoms. The SMILES string of the molecule is O=C(O)[C@H]1[C@@H]2CC[C@@H](C2)N1C(=O)OCc1ccc([N+](=O)[O-])cc1. The first-order valence-corrected chi connectivity index (χ1v) is 7.38. The first kappa shape index (κ1) is 15.3. The summed E-state index contributed by atoms with van der Waals surface area (Å²) in [4.78, 5) is 35.0. The number of piperidine rings is 1. The molecule has 0 aromatic heterocycles. The number of fused-ring (bicyclic) bond motifs is 2. The van der Waals surface area contributed by atoms with Gasteiger partial charge in [-0.15, -0.1) is 0 Å². The van der Waals surface area contributed by atoms with Crippen molar-refractivity contribution in [1.29, 1.82) is 0 Å². The molecule has 8 heteroatoms. The van der Waals surface area contributed by atoms with Crippen molar-refractivity contribution < 1.29 is 24.4 Å². The van der Waals surface area contributed by atoms with Crippen LogP contribution in [0, 0.1) is 16.0 Å². The van der Waals surface area contributed by atoms with Crippen LogP contribution in [-0.4, -0.2) is 39.1 Å². The third-order valence-corrected chi connectivity index (χ3v) is 4.56. The summed E-state index contributed by atoms with van der Waals surface area (Å²) in [6.45, 7) is -0.0446. The number of carboxylic acid groups (broad SMARTS) is 1. The van der Waals surface area contributed by atoms with E-state index in [0.717, 1.165) is 12.8 Å². The number of hydrogen-bond acceptors (Lipinski definition) is 5. The molecule has 2 aliphatic rings. The molecule has 0 unspecified atom stereocenters. The Balaban J connectivity index is 1.63. The van der Waals surface area contributed by atoms with Crippen molar-refractivity contribution >= 4 is 17.7 Å². The average Bonchev–Trinajstić information content (AvgIpc) is 3.13. The number of non-ortho nitro benzene ring substituents is 1. The van der Waals surface area contributed by atoms with Gasteiger partial charge in [-0.2, -0.15) is 0 Å². The molecule has 1 aliphatic heterocycles. The average molecular weight is 320 g/mol. The van der Waals surface area contributed by atoms with Crippen LogP contribution in [0.1, 0.15) is 24.8 Å². The van der Waals surface area contributed by atoms with E-state index < -0.39 is 23.0 Å². The van der Waals surface area contributed by atoms with Crippen molar-refractivity contribution in [3.8, 4) is 0 Å². The maximum atomic E-state index is 12.2. The Morgan fingerprint density at radius 1 is 1.30 bits per heavy atom. The third-order valence-electron chi connectivity index (χ3n) is 4.56. The van der Waals surface area contributed by atoms with Gasteiger partial charge in [-0.1, -0.05) is 0 Å². The molecule has 8 nitrogen and oxygen atoms in total. The van der Waals surface area contributed by atoms with Gasteiger partial charge in [-0.25, -0.2) is 9.59 Å². The lowest BCUT2D eigenvalue weighted by Gasteiger charge is -2.31. The minimum absolute atomic E-state index is 0.00410. The van der Waals surface area contributed by atoms with Crippen molar-refractivity contribution in [2.24, 2.45) is 5.92 Å².